The highest BCUT2D eigenvalue weighted by Crippen LogP contribution is 2.20. The van der Waals surface area contributed by atoms with Crippen LogP contribution >= 0.6 is 0 Å². The number of aryl methyl sites for hydroxylation is 1. The Bertz CT molecular complexity index is 1110. The molecule has 1 aromatic heterocycles. The summed E-state index contributed by atoms with van der Waals surface area (Å²) in [5, 5.41) is 8.24. The molecule has 0 atom stereocenters. The molecule has 7 nitrogen and oxygen atoms in total. The van der Waals surface area contributed by atoms with Crippen LogP contribution in [0, 0.1) is 12.7 Å². The van der Waals surface area contributed by atoms with Crippen LogP contribution in [0.25, 0.3) is 11.5 Å². The fraction of sp³-hybridized carbons (Fsp3) is 0.300. The summed E-state index contributed by atoms with van der Waals surface area (Å²) in [5.41, 5.74) is 1.99. The van der Waals surface area contributed by atoms with E-state index in [4.69, 9.17) is 4.42 Å². The maximum Gasteiger partial charge on any atom is 0.271 e. The van der Waals surface area contributed by atoms with Crippen LogP contribution in [0.15, 0.2) is 57.8 Å². The smallest absolute Gasteiger partial charge is 0.271 e. The van der Waals surface area contributed by atoms with Crippen LogP contribution in [0.5, 0.6) is 0 Å². The van der Waals surface area contributed by atoms with E-state index >= 15 is 0 Å². The van der Waals surface area contributed by atoms with Crippen molar-refractivity contribution in [2.75, 3.05) is 26.2 Å². The Hall–Kier alpha value is -2.62. The monoisotopic (exact) mass is 417 g/mol. The SMILES string of the molecule is Cc1cccc(-c2nnc(C[NH+]3CCN(S(=O)(=O)c4ccccc4F)CC3)o2)c1. The van der Waals surface area contributed by atoms with Crippen molar-refractivity contribution >= 4 is 10.0 Å². The number of rotatable bonds is 5. The van der Waals surface area contributed by atoms with Gasteiger partial charge in [0.2, 0.25) is 15.9 Å². The zero-order valence-corrected chi connectivity index (χ0v) is 16.8. The highest BCUT2D eigenvalue weighted by Gasteiger charge is 2.32. The highest BCUT2D eigenvalue weighted by molar-refractivity contribution is 7.89. The third-order valence-corrected chi connectivity index (χ3v) is 6.95. The van der Waals surface area contributed by atoms with Crippen LogP contribution < -0.4 is 4.90 Å². The van der Waals surface area contributed by atoms with E-state index in [1.165, 1.54) is 22.5 Å². The van der Waals surface area contributed by atoms with Crippen molar-refractivity contribution in [2.24, 2.45) is 0 Å². The van der Waals surface area contributed by atoms with Crippen LogP contribution in [-0.4, -0.2) is 49.1 Å². The highest BCUT2D eigenvalue weighted by atomic mass is 32.2. The van der Waals surface area contributed by atoms with Crippen molar-refractivity contribution in [1.82, 2.24) is 14.5 Å². The zero-order chi connectivity index (χ0) is 20.4. The Morgan fingerprint density at radius 3 is 2.59 bits per heavy atom. The molecule has 0 unspecified atom stereocenters. The Kier molecular flexibility index (Phi) is 5.44. The lowest BCUT2D eigenvalue weighted by Gasteiger charge is -2.30. The fourth-order valence-electron chi connectivity index (χ4n) is 3.45. The maximum absolute atomic E-state index is 13.9. The van der Waals surface area contributed by atoms with E-state index in [0.29, 0.717) is 44.5 Å². The summed E-state index contributed by atoms with van der Waals surface area (Å²) >= 11 is 0. The maximum atomic E-state index is 13.9. The summed E-state index contributed by atoms with van der Waals surface area (Å²) < 4.78 is 46.4. The third kappa shape index (κ3) is 4.21. The number of aromatic nitrogens is 2. The first-order chi connectivity index (χ1) is 13.9. The molecule has 1 N–H and O–H groups in total. The second-order valence-electron chi connectivity index (χ2n) is 7.13. The number of sulfonamides is 1. The molecule has 29 heavy (non-hydrogen) atoms. The van der Waals surface area contributed by atoms with Crippen LogP contribution in [0.3, 0.4) is 0 Å². The van der Waals surface area contributed by atoms with Crippen molar-refractivity contribution in [2.45, 2.75) is 18.4 Å². The fourth-order valence-corrected chi connectivity index (χ4v) is 4.95. The number of hydrogen-bond acceptors (Lipinski definition) is 5. The van der Waals surface area contributed by atoms with Gasteiger partial charge in [-0.2, -0.15) is 4.31 Å². The molecular formula is C20H22FN4O3S+. The van der Waals surface area contributed by atoms with Gasteiger partial charge in [-0.05, 0) is 31.2 Å². The van der Waals surface area contributed by atoms with Crippen LogP contribution in [0.1, 0.15) is 11.5 Å². The normalized spacial score (nSPS) is 16.2. The van der Waals surface area contributed by atoms with Crippen LogP contribution in [0.4, 0.5) is 4.39 Å². The molecule has 0 aliphatic carbocycles. The summed E-state index contributed by atoms with van der Waals surface area (Å²) in [4.78, 5) is 0.868. The first-order valence-corrected chi connectivity index (χ1v) is 10.8. The lowest BCUT2D eigenvalue weighted by molar-refractivity contribution is -0.918. The number of nitrogens with zero attached hydrogens (tertiary/aromatic N) is 3. The van der Waals surface area contributed by atoms with Gasteiger partial charge < -0.3 is 9.32 Å². The van der Waals surface area contributed by atoms with E-state index < -0.39 is 15.8 Å². The number of hydrogen-bond donors (Lipinski definition) is 1. The molecule has 9 heteroatoms. The van der Waals surface area contributed by atoms with Gasteiger partial charge in [-0.15, -0.1) is 10.2 Å². The van der Waals surface area contributed by atoms with E-state index in [-0.39, 0.29) is 4.90 Å². The molecule has 0 amide bonds. The standard InChI is InChI=1S/C20H21FN4O3S/c1-15-5-4-6-16(13-15)20-23-22-19(28-20)14-24-9-11-25(12-10-24)29(26,27)18-8-3-2-7-17(18)21/h2-8,13H,9-12,14H2,1H3/p+1. The molecule has 152 valence electrons. The molecular weight excluding hydrogens is 395 g/mol. The molecule has 0 saturated carbocycles. The summed E-state index contributed by atoms with van der Waals surface area (Å²) in [6.07, 6.45) is 0. The Morgan fingerprint density at radius 1 is 1.10 bits per heavy atom. The van der Waals surface area contributed by atoms with Gasteiger partial charge in [0.25, 0.3) is 5.89 Å². The summed E-state index contributed by atoms with van der Waals surface area (Å²) in [6.45, 7) is 4.30. The first kappa shape index (κ1) is 19.7. The number of halogens is 1. The van der Waals surface area contributed by atoms with Crippen LogP contribution in [0.2, 0.25) is 0 Å². The van der Waals surface area contributed by atoms with E-state index in [9.17, 15) is 12.8 Å². The molecule has 0 bridgehead atoms. The van der Waals surface area contributed by atoms with Gasteiger partial charge in [-0.1, -0.05) is 29.8 Å². The van der Waals surface area contributed by atoms with Crippen LogP contribution in [-0.2, 0) is 16.6 Å². The van der Waals surface area contributed by atoms with Crippen molar-refractivity contribution in [3.63, 3.8) is 0 Å². The van der Waals surface area contributed by atoms with Gasteiger partial charge >= 0.3 is 0 Å². The average molecular weight is 417 g/mol. The largest absolute Gasteiger partial charge is 0.415 e. The number of nitrogens with one attached hydrogen (secondary N) is 1. The van der Waals surface area contributed by atoms with Gasteiger partial charge in [0.05, 0.1) is 26.2 Å². The lowest BCUT2D eigenvalue weighted by Crippen LogP contribution is -3.13. The minimum absolute atomic E-state index is 0.275. The number of piperazine rings is 1. The van der Waals surface area contributed by atoms with E-state index in [0.717, 1.165) is 22.1 Å². The molecule has 0 radical (unpaired) electrons. The Morgan fingerprint density at radius 2 is 1.86 bits per heavy atom. The Balaban J connectivity index is 1.39. The van der Waals surface area contributed by atoms with E-state index in [1.807, 2.05) is 31.2 Å². The predicted octanol–water partition coefficient (Wildman–Crippen LogP) is 1.27. The van der Waals surface area contributed by atoms with Gasteiger partial charge in [0.15, 0.2) is 6.54 Å². The average Bonchev–Trinajstić information content (AvgIpc) is 3.17. The van der Waals surface area contributed by atoms with Crippen molar-refractivity contribution in [3.05, 3.63) is 65.8 Å². The first-order valence-electron chi connectivity index (χ1n) is 9.41. The quantitative estimate of drug-likeness (QED) is 0.676. The van der Waals surface area contributed by atoms with Gasteiger partial charge in [0, 0.05) is 5.56 Å². The molecule has 2 heterocycles. The number of quaternary nitrogens is 1. The van der Waals surface area contributed by atoms with Crippen molar-refractivity contribution in [3.8, 4) is 11.5 Å². The molecule has 1 fully saturated rings. The topological polar surface area (TPSA) is 80.7 Å². The lowest BCUT2D eigenvalue weighted by atomic mass is 10.1. The predicted molar refractivity (Wildman–Crippen MR) is 104 cm³/mol. The second kappa shape index (κ2) is 8.02. The summed E-state index contributed by atoms with van der Waals surface area (Å²) in [7, 11) is -3.83. The van der Waals surface area contributed by atoms with Crippen molar-refractivity contribution in [1.29, 1.82) is 0 Å². The van der Waals surface area contributed by atoms with E-state index in [1.54, 1.807) is 0 Å². The summed E-state index contributed by atoms with van der Waals surface area (Å²) in [6, 6.07) is 13.3. The van der Waals surface area contributed by atoms with Gasteiger partial charge in [0.1, 0.15) is 10.7 Å². The molecule has 2 aromatic carbocycles. The molecule has 0 spiro atoms. The van der Waals surface area contributed by atoms with E-state index in [2.05, 4.69) is 10.2 Å². The van der Waals surface area contributed by atoms with Gasteiger partial charge in [-0.25, -0.2) is 12.8 Å². The molecule has 1 aliphatic rings. The minimum Gasteiger partial charge on any atom is -0.415 e. The Labute approximate surface area is 168 Å². The minimum atomic E-state index is -3.83. The third-order valence-electron chi connectivity index (χ3n) is 5.02. The molecule has 1 aliphatic heterocycles. The molecule has 4 rings (SSSR count). The second-order valence-corrected chi connectivity index (χ2v) is 9.04. The molecule has 1 saturated heterocycles. The molecule has 3 aromatic rings. The summed E-state index contributed by atoms with van der Waals surface area (Å²) in [5.74, 6) is 0.266. The van der Waals surface area contributed by atoms with Gasteiger partial charge in [-0.3, -0.25) is 0 Å². The number of benzene rings is 2. The van der Waals surface area contributed by atoms with Crippen molar-refractivity contribution < 1.29 is 22.1 Å². The zero-order valence-electron chi connectivity index (χ0n) is 16.0.